The highest BCUT2D eigenvalue weighted by Gasteiger charge is 2.28. The van der Waals surface area contributed by atoms with Gasteiger partial charge in [0.1, 0.15) is 47.2 Å². The second-order valence-corrected chi connectivity index (χ2v) is 15.6. The Morgan fingerprint density at radius 3 is 1.78 bits per heavy atom. The van der Waals surface area contributed by atoms with Crippen LogP contribution >= 0.6 is 0 Å². The monoisotopic (exact) mass is 744 g/mol. The van der Waals surface area contributed by atoms with Crippen molar-refractivity contribution < 1.29 is 9.47 Å². The van der Waals surface area contributed by atoms with Crippen molar-refractivity contribution in [1.82, 2.24) is 50.1 Å². The van der Waals surface area contributed by atoms with Gasteiger partial charge in [-0.1, -0.05) is 0 Å². The maximum atomic E-state index is 6.50. The lowest BCUT2D eigenvalue weighted by Gasteiger charge is -2.42. The van der Waals surface area contributed by atoms with Gasteiger partial charge in [-0.15, -0.1) is 0 Å². The topological polar surface area (TPSA) is 140 Å². The van der Waals surface area contributed by atoms with Crippen LogP contribution in [0.5, 0.6) is 11.5 Å². The van der Waals surface area contributed by atoms with Gasteiger partial charge in [0, 0.05) is 80.3 Å². The third-order valence-corrected chi connectivity index (χ3v) is 11.2. The molecule has 0 spiro atoms. The fraction of sp³-hybridized carbons (Fsp3) is 0.463. The molecule has 288 valence electrons. The van der Waals surface area contributed by atoms with E-state index in [0.29, 0.717) is 18.1 Å². The van der Waals surface area contributed by atoms with Crippen molar-refractivity contribution in [3.8, 4) is 34.3 Å². The highest BCUT2D eigenvalue weighted by Crippen LogP contribution is 2.32. The van der Waals surface area contributed by atoms with Crippen LogP contribution in [-0.4, -0.2) is 127 Å². The molecule has 0 saturated carbocycles. The van der Waals surface area contributed by atoms with Crippen molar-refractivity contribution in [2.24, 2.45) is 0 Å². The first kappa shape index (κ1) is 36.6. The summed E-state index contributed by atoms with van der Waals surface area (Å²) in [6.45, 7) is 18.5. The van der Waals surface area contributed by atoms with Crippen molar-refractivity contribution in [3.63, 3.8) is 0 Å². The predicted octanol–water partition coefficient (Wildman–Crippen LogP) is 6.04. The smallest absolute Gasteiger partial charge is 0.132 e. The molecule has 2 N–H and O–H groups in total. The number of benzene rings is 2. The average molecular weight is 745 g/mol. The minimum Gasteiger partial charge on any atom is -0.491 e. The Labute approximate surface area is 322 Å². The Hall–Kier alpha value is -5.34. The van der Waals surface area contributed by atoms with Gasteiger partial charge in [-0.3, -0.25) is 20.0 Å². The highest BCUT2D eigenvalue weighted by atomic mass is 16.5. The van der Waals surface area contributed by atoms with Crippen LogP contribution in [0.4, 0.5) is 11.6 Å². The molecule has 2 saturated heterocycles. The van der Waals surface area contributed by atoms with Crippen molar-refractivity contribution in [2.45, 2.75) is 78.3 Å². The number of aromatic nitrogens is 8. The van der Waals surface area contributed by atoms with Crippen molar-refractivity contribution >= 4 is 33.4 Å². The van der Waals surface area contributed by atoms with Crippen molar-refractivity contribution in [3.05, 3.63) is 61.2 Å². The predicted molar refractivity (Wildman–Crippen MR) is 217 cm³/mol. The summed E-state index contributed by atoms with van der Waals surface area (Å²) >= 11 is 0. The summed E-state index contributed by atoms with van der Waals surface area (Å²) in [4.78, 5) is 28.2. The molecule has 55 heavy (non-hydrogen) atoms. The van der Waals surface area contributed by atoms with Gasteiger partial charge in [-0.05, 0) is 91.4 Å². The van der Waals surface area contributed by atoms with Crippen LogP contribution < -0.4 is 19.3 Å². The van der Waals surface area contributed by atoms with Crippen LogP contribution in [-0.2, 0) is 0 Å². The second kappa shape index (κ2) is 15.4. The molecule has 0 aliphatic carbocycles. The van der Waals surface area contributed by atoms with Crippen molar-refractivity contribution in [1.29, 1.82) is 0 Å². The minimum absolute atomic E-state index is 0.0319. The van der Waals surface area contributed by atoms with E-state index in [4.69, 9.17) is 9.47 Å². The molecule has 8 rings (SSSR count). The Morgan fingerprint density at radius 1 is 0.673 bits per heavy atom. The van der Waals surface area contributed by atoms with Gasteiger partial charge >= 0.3 is 0 Å². The minimum atomic E-state index is 0.0319. The van der Waals surface area contributed by atoms with Crippen LogP contribution in [0.3, 0.4) is 0 Å². The SMILES string of the molecule is CC(C)Oc1ccc2[nH]nc(-c3cc(N4CCN(CCC(C)Oc5ccc6[nH]nc(-c7cc(N8C[C@@H](C)N(C)[C@@H](C)C8)ncn7)c6c5)[C@@H](C)C4)ncn3)c2c1. The van der Waals surface area contributed by atoms with Crippen molar-refractivity contribution in [2.75, 3.05) is 56.1 Å². The quantitative estimate of drug-likeness (QED) is 0.160. The lowest BCUT2D eigenvalue weighted by atomic mass is 10.1. The summed E-state index contributed by atoms with van der Waals surface area (Å²) in [5, 5.41) is 17.6. The molecule has 2 aromatic carbocycles. The lowest BCUT2D eigenvalue weighted by molar-refractivity contribution is 0.144. The molecule has 1 unspecified atom stereocenters. The number of anilines is 2. The molecule has 6 aromatic rings. The number of H-pyrrole nitrogens is 2. The number of nitrogens with one attached hydrogen (secondary N) is 2. The van der Waals surface area contributed by atoms with Gasteiger partial charge in [-0.2, -0.15) is 10.2 Å². The van der Waals surface area contributed by atoms with E-state index < -0.39 is 0 Å². The zero-order chi connectivity index (χ0) is 38.2. The van der Waals surface area contributed by atoms with Gasteiger partial charge in [-0.25, -0.2) is 19.9 Å². The number of aromatic amines is 2. The number of nitrogens with zero attached hydrogens (tertiary/aromatic N) is 10. The van der Waals surface area contributed by atoms with Gasteiger partial charge in [0.2, 0.25) is 0 Å². The third kappa shape index (κ3) is 7.78. The zero-order valence-corrected chi connectivity index (χ0v) is 32.9. The van der Waals surface area contributed by atoms with Crippen LogP contribution in [0.1, 0.15) is 48.0 Å². The summed E-state index contributed by atoms with van der Waals surface area (Å²) < 4.78 is 12.4. The van der Waals surface area contributed by atoms with Gasteiger partial charge in [0.15, 0.2) is 0 Å². The van der Waals surface area contributed by atoms with Crippen LogP contribution in [0.2, 0.25) is 0 Å². The third-order valence-electron chi connectivity index (χ3n) is 11.2. The van der Waals surface area contributed by atoms with E-state index in [1.165, 1.54) is 0 Å². The van der Waals surface area contributed by atoms with Gasteiger partial charge < -0.3 is 19.3 Å². The maximum absolute atomic E-state index is 6.50. The number of ether oxygens (including phenoxy) is 2. The molecule has 2 fully saturated rings. The molecule has 0 radical (unpaired) electrons. The molecule has 14 nitrogen and oxygen atoms in total. The number of hydrogen-bond donors (Lipinski definition) is 2. The van der Waals surface area contributed by atoms with Crippen LogP contribution in [0, 0.1) is 0 Å². The summed E-state index contributed by atoms with van der Waals surface area (Å²) in [7, 11) is 2.19. The normalized spacial score (nSPS) is 20.5. The van der Waals surface area contributed by atoms with E-state index in [1.807, 2.05) is 50.2 Å². The fourth-order valence-electron chi connectivity index (χ4n) is 7.86. The van der Waals surface area contributed by atoms with E-state index in [1.54, 1.807) is 12.7 Å². The first-order chi connectivity index (χ1) is 26.6. The Balaban J connectivity index is 0.881. The van der Waals surface area contributed by atoms with Gasteiger partial charge in [0.05, 0.1) is 34.6 Å². The largest absolute Gasteiger partial charge is 0.491 e. The molecule has 14 heteroatoms. The number of likely N-dealkylation sites (N-methyl/N-ethyl adjacent to an activating group) is 1. The van der Waals surface area contributed by atoms with E-state index in [-0.39, 0.29) is 12.2 Å². The molecule has 0 bridgehead atoms. The summed E-state index contributed by atoms with van der Waals surface area (Å²) in [5.41, 5.74) is 5.08. The molecule has 0 amide bonds. The number of fused-ring (bicyclic) bond motifs is 2. The first-order valence-electron chi connectivity index (χ1n) is 19.5. The number of piperazine rings is 2. The average Bonchev–Trinajstić information content (AvgIpc) is 3.80. The second-order valence-electron chi connectivity index (χ2n) is 15.6. The summed E-state index contributed by atoms with van der Waals surface area (Å²) in [6.07, 6.45) is 4.32. The fourth-order valence-corrected chi connectivity index (χ4v) is 7.86. The Morgan fingerprint density at radius 2 is 1.22 bits per heavy atom. The van der Waals surface area contributed by atoms with E-state index in [2.05, 4.69) is 107 Å². The molecular weight excluding hydrogens is 693 g/mol. The molecule has 4 atom stereocenters. The van der Waals surface area contributed by atoms with Gasteiger partial charge in [0.25, 0.3) is 0 Å². The highest BCUT2D eigenvalue weighted by molar-refractivity contribution is 5.94. The Kier molecular flexibility index (Phi) is 10.3. The zero-order valence-electron chi connectivity index (χ0n) is 32.9. The van der Waals surface area contributed by atoms with E-state index in [9.17, 15) is 0 Å². The van der Waals surface area contributed by atoms with E-state index >= 15 is 0 Å². The summed E-state index contributed by atoms with van der Waals surface area (Å²) in [5.74, 6) is 3.48. The molecule has 2 aliphatic rings. The van der Waals surface area contributed by atoms with Crippen LogP contribution in [0.15, 0.2) is 61.2 Å². The number of hydrogen-bond acceptors (Lipinski definition) is 12. The maximum Gasteiger partial charge on any atom is 0.132 e. The summed E-state index contributed by atoms with van der Waals surface area (Å²) in [6, 6.07) is 17.4. The van der Waals surface area contributed by atoms with E-state index in [0.717, 1.165) is 113 Å². The Bertz CT molecular complexity index is 2240. The molecule has 6 heterocycles. The number of rotatable bonds is 11. The molecule has 4 aromatic heterocycles. The van der Waals surface area contributed by atoms with Crippen LogP contribution in [0.25, 0.3) is 44.6 Å². The molecular formula is C41H52N12O2. The first-order valence-corrected chi connectivity index (χ1v) is 19.5. The lowest BCUT2D eigenvalue weighted by Crippen LogP contribution is -2.55. The molecule has 2 aliphatic heterocycles. The standard InChI is InChI=1S/C41H52N12O2/c1-25(2)54-30-8-10-34-32(16-30)40(48-46-34)36-18-38(44-23-42-36)52-15-14-51(28(5)22-52)13-12-29(6)55-31-9-11-35-33(17-31)41(49-47-35)37-19-39(45-24-43-37)53-20-26(3)50(7)27(4)21-53/h8-11,16-19,23-29H,12-15,20-22H2,1-7H3,(H,46,48)(H,47,49)/t26-,27+,28-,29?/m0/s1.